The molecule has 0 aliphatic carbocycles. The molecule has 82 valence electrons. The quantitative estimate of drug-likeness (QED) is 0.696. The van der Waals surface area contributed by atoms with Crippen LogP contribution in [0.4, 0.5) is 0 Å². The Balaban J connectivity index is 2.72. The summed E-state index contributed by atoms with van der Waals surface area (Å²) in [6.45, 7) is 1.46. The van der Waals surface area contributed by atoms with Crippen LogP contribution in [0.3, 0.4) is 0 Å². The first-order valence-corrected chi connectivity index (χ1v) is 4.61. The number of hydrogen-bond acceptors (Lipinski definition) is 3. The minimum atomic E-state index is -1.29. The lowest BCUT2D eigenvalue weighted by Crippen LogP contribution is -2.30. The van der Waals surface area contributed by atoms with Gasteiger partial charge in [0, 0.05) is 6.42 Å². The molecule has 3 N–H and O–H groups in total. The molecule has 0 aliphatic rings. The molecule has 1 unspecified atom stereocenters. The van der Waals surface area contributed by atoms with Crippen LogP contribution in [0.1, 0.15) is 18.9 Å². The average Bonchev–Trinajstić information content (AvgIpc) is 1.99. The van der Waals surface area contributed by atoms with E-state index >= 15 is 0 Å². The van der Waals surface area contributed by atoms with E-state index in [0.29, 0.717) is 5.56 Å². The van der Waals surface area contributed by atoms with Gasteiger partial charge in [-0.2, -0.15) is 0 Å². The van der Waals surface area contributed by atoms with Crippen LogP contribution in [0.5, 0.6) is 5.75 Å². The van der Waals surface area contributed by atoms with Gasteiger partial charge in [0.2, 0.25) is 0 Å². The fraction of sp³-hybridized carbons (Fsp3) is 0.364. The standard InChI is InChI=1S/C11H14O4/c1-11(15,7-10(13)14)6-8-3-2-4-9(12)5-8/h2-5,12,15H,6-7H2,1H3,(H,13,14). The molecule has 0 fully saturated rings. The lowest BCUT2D eigenvalue weighted by Gasteiger charge is -2.20. The summed E-state index contributed by atoms with van der Waals surface area (Å²) in [7, 11) is 0. The SMILES string of the molecule is CC(O)(CC(=O)O)Cc1cccc(O)c1. The van der Waals surface area contributed by atoms with E-state index in [0.717, 1.165) is 0 Å². The van der Waals surface area contributed by atoms with Crippen LogP contribution in [0.25, 0.3) is 0 Å². The number of phenols is 1. The van der Waals surface area contributed by atoms with Gasteiger partial charge in [-0.05, 0) is 24.6 Å². The monoisotopic (exact) mass is 210 g/mol. The zero-order chi connectivity index (χ0) is 11.5. The highest BCUT2D eigenvalue weighted by Gasteiger charge is 2.24. The summed E-state index contributed by atoms with van der Waals surface area (Å²) < 4.78 is 0. The van der Waals surface area contributed by atoms with Crippen molar-refractivity contribution < 1.29 is 20.1 Å². The second-order valence-electron chi connectivity index (χ2n) is 3.91. The predicted octanol–water partition coefficient (Wildman–Crippen LogP) is 1.16. The van der Waals surface area contributed by atoms with Crippen molar-refractivity contribution in [3.8, 4) is 5.75 Å². The number of aliphatic carboxylic acids is 1. The fourth-order valence-corrected chi connectivity index (χ4v) is 1.49. The first-order valence-electron chi connectivity index (χ1n) is 4.61. The second-order valence-corrected chi connectivity index (χ2v) is 3.91. The Hall–Kier alpha value is -1.55. The van der Waals surface area contributed by atoms with Crippen molar-refractivity contribution >= 4 is 5.97 Å². The van der Waals surface area contributed by atoms with E-state index in [9.17, 15) is 15.0 Å². The third-order valence-electron chi connectivity index (χ3n) is 2.03. The summed E-state index contributed by atoms with van der Waals surface area (Å²) in [5.74, 6) is -0.932. The van der Waals surface area contributed by atoms with E-state index in [1.165, 1.54) is 19.1 Å². The molecule has 0 aliphatic heterocycles. The molecule has 1 aromatic rings. The minimum absolute atomic E-state index is 0.110. The lowest BCUT2D eigenvalue weighted by molar-refractivity contribution is -0.141. The van der Waals surface area contributed by atoms with Gasteiger partial charge in [0.15, 0.2) is 0 Å². The van der Waals surface area contributed by atoms with E-state index in [1.807, 2.05) is 0 Å². The van der Waals surface area contributed by atoms with Crippen LogP contribution in [0.15, 0.2) is 24.3 Å². The first-order chi connectivity index (χ1) is 6.89. The number of hydrogen-bond donors (Lipinski definition) is 3. The van der Waals surface area contributed by atoms with Crippen LogP contribution < -0.4 is 0 Å². The summed E-state index contributed by atoms with van der Waals surface area (Å²) in [6, 6.07) is 6.42. The van der Waals surface area contributed by atoms with Gasteiger partial charge in [-0.15, -0.1) is 0 Å². The van der Waals surface area contributed by atoms with Crippen molar-refractivity contribution in [1.29, 1.82) is 0 Å². The Morgan fingerprint density at radius 2 is 2.13 bits per heavy atom. The van der Waals surface area contributed by atoms with Gasteiger partial charge in [0.25, 0.3) is 0 Å². The molecule has 1 atom stereocenters. The topological polar surface area (TPSA) is 77.8 Å². The summed E-state index contributed by atoms with van der Waals surface area (Å²) in [5, 5.41) is 27.5. The van der Waals surface area contributed by atoms with Crippen molar-refractivity contribution in [2.24, 2.45) is 0 Å². The third-order valence-corrected chi connectivity index (χ3v) is 2.03. The molecule has 1 rings (SSSR count). The normalized spacial score (nSPS) is 14.5. The maximum atomic E-state index is 10.5. The van der Waals surface area contributed by atoms with Crippen molar-refractivity contribution in [2.75, 3.05) is 0 Å². The Labute approximate surface area is 87.8 Å². The molecule has 1 aromatic carbocycles. The summed E-state index contributed by atoms with van der Waals surface area (Å²) in [4.78, 5) is 10.5. The average molecular weight is 210 g/mol. The summed E-state index contributed by atoms with van der Waals surface area (Å²) >= 11 is 0. The number of benzene rings is 1. The van der Waals surface area contributed by atoms with Crippen LogP contribution in [-0.4, -0.2) is 26.9 Å². The molecule has 4 nitrogen and oxygen atoms in total. The molecule has 0 heterocycles. The Morgan fingerprint density at radius 1 is 1.47 bits per heavy atom. The Kier molecular flexibility index (Phi) is 3.31. The molecule has 0 amide bonds. The van der Waals surface area contributed by atoms with Gasteiger partial charge in [-0.3, -0.25) is 4.79 Å². The van der Waals surface area contributed by atoms with Gasteiger partial charge in [-0.1, -0.05) is 12.1 Å². The highest BCUT2D eigenvalue weighted by atomic mass is 16.4. The molecule has 0 spiro atoms. The molecule has 4 heteroatoms. The number of aromatic hydroxyl groups is 1. The third kappa shape index (κ3) is 3.99. The van der Waals surface area contributed by atoms with Crippen molar-refractivity contribution in [1.82, 2.24) is 0 Å². The number of carboxylic acids is 1. The first kappa shape index (κ1) is 11.5. The van der Waals surface area contributed by atoms with Gasteiger partial charge >= 0.3 is 5.97 Å². The second kappa shape index (κ2) is 4.31. The zero-order valence-electron chi connectivity index (χ0n) is 8.47. The Morgan fingerprint density at radius 3 is 2.67 bits per heavy atom. The van der Waals surface area contributed by atoms with Crippen LogP contribution in [-0.2, 0) is 11.2 Å². The van der Waals surface area contributed by atoms with Crippen molar-refractivity contribution in [3.05, 3.63) is 29.8 Å². The molecule has 15 heavy (non-hydrogen) atoms. The molecule has 0 saturated heterocycles. The van der Waals surface area contributed by atoms with Gasteiger partial charge < -0.3 is 15.3 Å². The van der Waals surface area contributed by atoms with Crippen LogP contribution >= 0.6 is 0 Å². The summed E-state index contributed by atoms with van der Waals surface area (Å²) in [6.07, 6.45) is -0.115. The maximum Gasteiger partial charge on any atom is 0.306 e. The Bertz CT molecular complexity index is 357. The summed E-state index contributed by atoms with van der Waals surface area (Å²) in [5.41, 5.74) is -0.583. The van der Waals surface area contributed by atoms with E-state index in [1.54, 1.807) is 12.1 Å². The van der Waals surface area contributed by atoms with E-state index in [-0.39, 0.29) is 18.6 Å². The molecule has 0 saturated carbocycles. The van der Waals surface area contributed by atoms with E-state index < -0.39 is 11.6 Å². The zero-order valence-corrected chi connectivity index (χ0v) is 8.47. The number of carbonyl (C=O) groups is 1. The lowest BCUT2D eigenvalue weighted by atomic mass is 9.93. The molecule has 0 aromatic heterocycles. The highest BCUT2D eigenvalue weighted by Crippen LogP contribution is 2.19. The predicted molar refractivity (Wildman–Crippen MR) is 54.7 cm³/mol. The smallest absolute Gasteiger partial charge is 0.306 e. The van der Waals surface area contributed by atoms with Gasteiger partial charge in [-0.25, -0.2) is 0 Å². The molecule has 0 radical (unpaired) electrons. The van der Waals surface area contributed by atoms with Crippen molar-refractivity contribution in [3.63, 3.8) is 0 Å². The van der Waals surface area contributed by atoms with Gasteiger partial charge in [0.1, 0.15) is 5.75 Å². The molecular weight excluding hydrogens is 196 g/mol. The number of rotatable bonds is 4. The van der Waals surface area contributed by atoms with Gasteiger partial charge in [0.05, 0.1) is 12.0 Å². The molecular formula is C11H14O4. The highest BCUT2D eigenvalue weighted by molar-refractivity contribution is 5.68. The fourth-order valence-electron chi connectivity index (χ4n) is 1.49. The van der Waals surface area contributed by atoms with Crippen molar-refractivity contribution in [2.45, 2.75) is 25.4 Å². The van der Waals surface area contributed by atoms with Crippen LogP contribution in [0, 0.1) is 0 Å². The minimum Gasteiger partial charge on any atom is -0.508 e. The van der Waals surface area contributed by atoms with E-state index in [2.05, 4.69) is 0 Å². The number of aliphatic hydroxyl groups is 1. The van der Waals surface area contributed by atoms with Crippen LogP contribution in [0.2, 0.25) is 0 Å². The molecule has 0 bridgehead atoms. The van der Waals surface area contributed by atoms with E-state index in [4.69, 9.17) is 5.11 Å². The largest absolute Gasteiger partial charge is 0.508 e. The number of phenolic OH excluding ortho intramolecular Hbond substituents is 1. The number of carboxylic acid groups (broad SMARTS) is 1. The maximum absolute atomic E-state index is 10.5.